The topological polar surface area (TPSA) is 59.9 Å². The van der Waals surface area contributed by atoms with Crippen LogP contribution in [0.5, 0.6) is 5.75 Å². The Kier molecular flexibility index (Phi) is 5.35. The molecule has 0 saturated heterocycles. The minimum atomic E-state index is -0.0163. The number of ketones is 1. The number of hydrogen-bond donors (Lipinski definition) is 1. The lowest BCUT2D eigenvalue weighted by molar-refractivity contribution is 0.103. The van der Waals surface area contributed by atoms with Crippen molar-refractivity contribution in [3.8, 4) is 11.4 Å². The van der Waals surface area contributed by atoms with Crippen molar-refractivity contribution in [2.24, 2.45) is 0 Å². The van der Waals surface area contributed by atoms with Crippen molar-refractivity contribution in [2.45, 2.75) is 13.5 Å². The molecule has 1 heterocycles. The summed E-state index contributed by atoms with van der Waals surface area (Å²) in [5.74, 6) is 1.31. The summed E-state index contributed by atoms with van der Waals surface area (Å²) in [6.45, 7) is 2.28. The fourth-order valence-electron chi connectivity index (χ4n) is 2.99. The summed E-state index contributed by atoms with van der Waals surface area (Å²) in [5, 5.41) is 7.10. The SMILES string of the molecule is Cc1ccc(-n2c(COc3ccc(C(=O)c4ccccc4)cc3)n[nH]c2=S)cc1. The molecule has 4 rings (SSSR count). The number of benzene rings is 3. The van der Waals surface area contributed by atoms with Gasteiger partial charge in [-0.2, -0.15) is 5.10 Å². The third-order valence-electron chi connectivity index (χ3n) is 4.55. The first kappa shape index (κ1) is 18.8. The summed E-state index contributed by atoms with van der Waals surface area (Å²) in [6, 6.07) is 24.3. The van der Waals surface area contributed by atoms with E-state index < -0.39 is 0 Å². The van der Waals surface area contributed by atoms with Gasteiger partial charge in [0, 0.05) is 16.8 Å². The van der Waals surface area contributed by atoms with Gasteiger partial charge in [0.25, 0.3) is 0 Å². The van der Waals surface area contributed by atoms with Crippen LogP contribution in [0.2, 0.25) is 0 Å². The van der Waals surface area contributed by atoms with Gasteiger partial charge in [-0.3, -0.25) is 14.5 Å². The van der Waals surface area contributed by atoms with E-state index in [4.69, 9.17) is 17.0 Å². The van der Waals surface area contributed by atoms with Gasteiger partial charge in [0.2, 0.25) is 0 Å². The normalized spacial score (nSPS) is 10.7. The van der Waals surface area contributed by atoms with Crippen LogP contribution >= 0.6 is 12.2 Å². The minimum absolute atomic E-state index is 0.0163. The van der Waals surface area contributed by atoms with Gasteiger partial charge >= 0.3 is 0 Å². The number of aromatic amines is 1. The molecule has 0 aliphatic carbocycles. The second kappa shape index (κ2) is 8.24. The van der Waals surface area contributed by atoms with Gasteiger partial charge in [-0.05, 0) is 55.5 Å². The summed E-state index contributed by atoms with van der Waals surface area (Å²) >= 11 is 5.36. The highest BCUT2D eigenvalue weighted by atomic mass is 32.1. The van der Waals surface area contributed by atoms with E-state index >= 15 is 0 Å². The molecule has 29 heavy (non-hydrogen) atoms. The van der Waals surface area contributed by atoms with E-state index in [0.29, 0.717) is 27.5 Å². The molecule has 1 N–H and O–H groups in total. The number of carbonyl (C=O) groups is 1. The average Bonchev–Trinajstić information content (AvgIpc) is 3.13. The summed E-state index contributed by atoms with van der Waals surface area (Å²) in [4.78, 5) is 12.5. The molecule has 0 saturated carbocycles. The van der Waals surface area contributed by atoms with Crippen LogP contribution in [-0.4, -0.2) is 20.5 Å². The molecule has 0 spiro atoms. The summed E-state index contributed by atoms with van der Waals surface area (Å²) in [5.41, 5.74) is 3.38. The van der Waals surface area contributed by atoms with E-state index in [9.17, 15) is 4.79 Å². The number of nitrogens with zero attached hydrogens (tertiary/aromatic N) is 2. The molecule has 4 aromatic rings. The summed E-state index contributed by atoms with van der Waals surface area (Å²) in [6.07, 6.45) is 0. The highest BCUT2D eigenvalue weighted by molar-refractivity contribution is 7.71. The Labute approximate surface area is 173 Å². The molecule has 1 aromatic heterocycles. The first-order chi connectivity index (χ1) is 14.1. The van der Waals surface area contributed by atoms with Crippen LogP contribution in [0, 0.1) is 11.7 Å². The van der Waals surface area contributed by atoms with Gasteiger partial charge < -0.3 is 4.74 Å². The predicted octanol–water partition coefficient (Wildman–Crippen LogP) is 5.05. The number of carbonyl (C=O) groups excluding carboxylic acids is 1. The second-order valence-corrected chi connectivity index (χ2v) is 7.01. The molecular formula is C23H19N3O2S. The van der Waals surface area contributed by atoms with E-state index in [2.05, 4.69) is 10.2 Å². The first-order valence-corrected chi connectivity index (χ1v) is 9.58. The highest BCUT2D eigenvalue weighted by Crippen LogP contribution is 2.18. The largest absolute Gasteiger partial charge is 0.486 e. The smallest absolute Gasteiger partial charge is 0.199 e. The van der Waals surface area contributed by atoms with Crippen molar-refractivity contribution in [1.82, 2.24) is 14.8 Å². The zero-order valence-electron chi connectivity index (χ0n) is 15.8. The molecule has 0 aliphatic rings. The molecule has 6 heteroatoms. The van der Waals surface area contributed by atoms with Crippen molar-refractivity contribution in [3.63, 3.8) is 0 Å². The third kappa shape index (κ3) is 4.17. The predicted molar refractivity (Wildman–Crippen MR) is 114 cm³/mol. The van der Waals surface area contributed by atoms with Gasteiger partial charge in [-0.15, -0.1) is 0 Å². The van der Waals surface area contributed by atoms with Crippen LogP contribution in [0.3, 0.4) is 0 Å². The standard InChI is InChI=1S/C23H19N3O2S/c1-16-7-11-19(12-8-16)26-21(24-25-23(26)29)15-28-20-13-9-18(10-14-20)22(27)17-5-3-2-4-6-17/h2-14H,15H2,1H3,(H,25,29). The van der Waals surface area contributed by atoms with Gasteiger partial charge in [0.1, 0.15) is 12.4 Å². The second-order valence-electron chi connectivity index (χ2n) is 6.62. The van der Waals surface area contributed by atoms with E-state index in [-0.39, 0.29) is 12.4 Å². The fraction of sp³-hybridized carbons (Fsp3) is 0.0870. The maximum atomic E-state index is 12.5. The lowest BCUT2D eigenvalue weighted by Gasteiger charge is -2.09. The fourth-order valence-corrected chi connectivity index (χ4v) is 3.25. The Bertz CT molecular complexity index is 1180. The first-order valence-electron chi connectivity index (χ1n) is 9.18. The lowest BCUT2D eigenvalue weighted by Crippen LogP contribution is -2.06. The number of hydrogen-bond acceptors (Lipinski definition) is 4. The van der Waals surface area contributed by atoms with Crippen molar-refractivity contribution < 1.29 is 9.53 Å². The molecule has 0 fully saturated rings. The Morgan fingerprint density at radius 2 is 1.62 bits per heavy atom. The molecule has 0 amide bonds. The molecule has 0 unspecified atom stereocenters. The van der Waals surface area contributed by atoms with Crippen molar-refractivity contribution in [2.75, 3.05) is 0 Å². The van der Waals surface area contributed by atoms with Crippen molar-refractivity contribution >= 4 is 18.0 Å². The van der Waals surface area contributed by atoms with Crippen LogP contribution in [-0.2, 0) is 6.61 Å². The molecule has 0 bridgehead atoms. The van der Waals surface area contributed by atoms with E-state index in [1.807, 2.05) is 54.0 Å². The maximum absolute atomic E-state index is 12.5. The summed E-state index contributed by atoms with van der Waals surface area (Å²) in [7, 11) is 0. The minimum Gasteiger partial charge on any atom is -0.486 e. The Morgan fingerprint density at radius 1 is 0.966 bits per heavy atom. The monoisotopic (exact) mass is 401 g/mol. The van der Waals surface area contributed by atoms with Crippen LogP contribution in [0.4, 0.5) is 0 Å². The van der Waals surface area contributed by atoms with Gasteiger partial charge in [-0.25, -0.2) is 0 Å². The molecule has 144 valence electrons. The zero-order valence-corrected chi connectivity index (χ0v) is 16.6. The van der Waals surface area contributed by atoms with Crippen LogP contribution < -0.4 is 4.74 Å². The molecule has 3 aromatic carbocycles. The van der Waals surface area contributed by atoms with E-state index in [1.54, 1.807) is 36.4 Å². The van der Waals surface area contributed by atoms with E-state index in [0.717, 1.165) is 5.69 Å². The Balaban J connectivity index is 1.48. The number of ether oxygens (including phenoxy) is 1. The average molecular weight is 401 g/mol. The number of H-pyrrole nitrogens is 1. The van der Waals surface area contributed by atoms with Crippen molar-refractivity contribution in [3.05, 3.63) is 106 Å². The molecule has 0 aliphatic heterocycles. The Hall–Kier alpha value is -3.51. The summed E-state index contributed by atoms with van der Waals surface area (Å²) < 4.78 is 8.23. The number of aryl methyl sites for hydroxylation is 1. The molecule has 0 radical (unpaired) electrons. The Morgan fingerprint density at radius 3 is 2.31 bits per heavy atom. The number of aromatic nitrogens is 3. The lowest BCUT2D eigenvalue weighted by atomic mass is 10.0. The molecular weight excluding hydrogens is 382 g/mol. The number of nitrogens with one attached hydrogen (secondary N) is 1. The number of rotatable bonds is 6. The van der Waals surface area contributed by atoms with E-state index in [1.165, 1.54) is 5.56 Å². The van der Waals surface area contributed by atoms with Crippen LogP contribution in [0.1, 0.15) is 27.3 Å². The van der Waals surface area contributed by atoms with Crippen LogP contribution in [0.15, 0.2) is 78.9 Å². The van der Waals surface area contributed by atoms with Gasteiger partial charge in [-0.1, -0.05) is 48.0 Å². The quantitative estimate of drug-likeness (QED) is 0.363. The zero-order chi connectivity index (χ0) is 20.2. The van der Waals surface area contributed by atoms with Crippen molar-refractivity contribution in [1.29, 1.82) is 0 Å². The molecule has 5 nitrogen and oxygen atoms in total. The van der Waals surface area contributed by atoms with Crippen LogP contribution in [0.25, 0.3) is 5.69 Å². The van der Waals surface area contributed by atoms with Gasteiger partial charge in [0.15, 0.2) is 16.4 Å². The highest BCUT2D eigenvalue weighted by Gasteiger charge is 2.11. The van der Waals surface area contributed by atoms with Gasteiger partial charge in [0.05, 0.1) is 0 Å². The molecule has 0 atom stereocenters. The maximum Gasteiger partial charge on any atom is 0.199 e. The third-order valence-corrected chi connectivity index (χ3v) is 4.83.